The van der Waals surface area contributed by atoms with Crippen molar-refractivity contribution in [3.05, 3.63) is 29.3 Å². The molecule has 186 valence electrons. The van der Waals surface area contributed by atoms with Crippen molar-refractivity contribution >= 4 is 21.8 Å². The number of fused-ring (bicyclic) bond motifs is 4. The number of aryl methyl sites for hydroxylation is 1. The van der Waals surface area contributed by atoms with Crippen LogP contribution in [0.25, 0.3) is 0 Å². The first-order chi connectivity index (χ1) is 16.6. The molecule has 1 aromatic rings. The normalized spacial score (nSPS) is 35.4. The number of nitriles is 1. The topological polar surface area (TPSA) is 144 Å². The van der Waals surface area contributed by atoms with E-state index in [1.54, 1.807) is 11.0 Å². The highest BCUT2D eigenvalue weighted by Crippen LogP contribution is 2.48. The Balaban J connectivity index is 1.12. The van der Waals surface area contributed by atoms with Crippen LogP contribution in [0.4, 0.5) is 0 Å². The number of nitrogens with one attached hydrogen (secondary N) is 1. The summed E-state index contributed by atoms with van der Waals surface area (Å²) in [6, 6.07) is 6.59. The molecule has 0 spiro atoms. The quantitative estimate of drug-likeness (QED) is 0.589. The molecule has 5 aliphatic rings. The number of piperazine rings is 1. The molecule has 10 nitrogen and oxygen atoms in total. The Hall–Kier alpha value is -2.68. The SMILES string of the molecule is CS(=N)(=O)Oc1ccc2c(c1)CC[C@H]2N1C(=O)[C@@H]2CC1CN2C[C@H](N)C(=O)N1[C@H](C#N)C[C@@H]2C[C@@H]21. The molecule has 8 atom stereocenters. The highest BCUT2D eigenvalue weighted by molar-refractivity contribution is 7.87. The van der Waals surface area contributed by atoms with Crippen LogP contribution in [-0.2, 0) is 26.0 Å². The molecule has 1 aromatic carbocycles. The number of hydrogen-bond acceptors (Lipinski definition) is 8. The molecule has 3 saturated heterocycles. The highest BCUT2D eigenvalue weighted by atomic mass is 32.2. The van der Waals surface area contributed by atoms with Gasteiger partial charge in [-0.25, -0.2) is 8.99 Å². The Kier molecular flexibility index (Phi) is 5.15. The smallest absolute Gasteiger partial charge is 0.242 e. The predicted octanol–water partition coefficient (Wildman–Crippen LogP) is 0.770. The Morgan fingerprint density at radius 1 is 1.34 bits per heavy atom. The van der Waals surface area contributed by atoms with Crippen LogP contribution >= 0.6 is 0 Å². The van der Waals surface area contributed by atoms with Crippen molar-refractivity contribution in [1.82, 2.24) is 14.7 Å². The summed E-state index contributed by atoms with van der Waals surface area (Å²) in [6.45, 7) is 1.02. The van der Waals surface area contributed by atoms with Gasteiger partial charge in [0.2, 0.25) is 11.8 Å². The number of amides is 2. The lowest BCUT2D eigenvalue weighted by atomic mass is 10.1. The molecule has 2 amide bonds. The molecule has 3 N–H and O–H groups in total. The zero-order valence-corrected chi connectivity index (χ0v) is 20.4. The predicted molar refractivity (Wildman–Crippen MR) is 126 cm³/mol. The van der Waals surface area contributed by atoms with Gasteiger partial charge < -0.3 is 19.7 Å². The number of hydrogen-bond donors (Lipinski definition) is 2. The van der Waals surface area contributed by atoms with Gasteiger partial charge in [0.05, 0.1) is 30.5 Å². The number of piperidine rings is 1. The van der Waals surface area contributed by atoms with Gasteiger partial charge in [-0.3, -0.25) is 14.5 Å². The van der Waals surface area contributed by atoms with Crippen molar-refractivity contribution in [1.29, 1.82) is 10.0 Å². The fourth-order valence-electron chi connectivity index (χ4n) is 6.81. The fourth-order valence-corrected chi connectivity index (χ4v) is 7.28. The molecule has 35 heavy (non-hydrogen) atoms. The highest BCUT2D eigenvalue weighted by Gasteiger charge is 2.56. The summed E-state index contributed by atoms with van der Waals surface area (Å²) in [7, 11) is -3.10. The van der Waals surface area contributed by atoms with E-state index in [9.17, 15) is 19.1 Å². The summed E-state index contributed by atoms with van der Waals surface area (Å²) >= 11 is 0. The standard InChI is InChI=1S/C24H30N6O4S/c1-35(27,33)34-17-3-4-18-13(7-17)2-5-20(18)30-16-9-22(24(30)32)28(11-16)12-19(26)23(31)29-15(10-25)6-14-8-21(14)29/h3-4,7,14-16,19-22,27H,2,5-6,8-9,11-12,26H2,1H3/t14-,15+,16?,19+,20-,21+,22+,35?/m1/s1. The second-order valence-electron chi connectivity index (χ2n) is 10.7. The third-order valence-corrected chi connectivity index (χ3v) is 8.83. The molecule has 0 aromatic heterocycles. The Labute approximate surface area is 205 Å². The minimum absolute atomic E-state index is 0.00576. The summed E-state index contributed by atoms with van der Waals surface area (Å²) in [5, 5.41) is 9.40. The summed E-state index contributed by atoms with van der Waals surface area (Å²) in [5.41, 5.74) is 8.46. The van der Waals surface area contributed by atoms with Crippen LogP contribution in [0.3, 0.4) is 0 Å². The minimum atomic E-state index is -3.10. The second-order valence-corrected chi connectivity index (χ2v) is 12.4. The molecule has 1 saturated carbocycles. The van der Waals surface area contributed by atoms with Crippen LogP contribution < -0.4 is 9.92 Å². The molecule has 4 fully saturated rings. The van der Waals surface area contributed by atoms with Crippen LogP contribution in [-0.4, -0.2) is 80.3 Å². The van der Waals surface area contributed by atoms with Crippen LogP contribution in [0.2, 0.25) is 0 Å². The van der Waals surface area contributed by atoms with Crippen LogP contribution in [0.1, 0.15) is 42.9 Å². The largest absolute Gasteiger partial charge is 0.396 e. The summed E-state index contributed by atoms with van der Waals surface area (Å²) < 4.78 is 24.4. The molecule has 3 aliphatic heterocycles. The van der Waals surface area contributed by atoms with E-state index < -0.39 is 16.1 Å². The van der Waals surface area contributed by atoms with E-state index in [4.69, 9.17) is 14.7 Å². The van der Waals surface area contributed by atoms with Crippen molar-refractivity contribution in [3.63, 3.8) is 0 Å². The van der Waals surface area contributed by atoms with Gasteiger partial charge >= 0.3 is 0 Å². The van der Waals surface area contributed by atoms with Gasteiger partial charge in [-0.05, 0) is 61.3 Å². The van der Waals surface area contributed by atoms with E-state index in [0.29, 0.717) is 24.8 Å². The average Bonchev–Trinajstić information content (AvgIpc) is 3.13. The molecule has 2 bridgehead atoms. The summed E-state index contributed by atoms with van der Waals surface area (Å²) in [6.07, 6.45) is 5.31. The van der Waals surface area contributed by atoms with Crippen molar-refractivity contribution in [2.45, 2.75) is 68.4 Å². The third-order valence-electron chi connectivity index (χ3n) is 8.32. The van der Waals surface area contributed by atoms with E-state index in [1.807, 2.05) is 21.9 Å². The Bertz CT molecular complexity index is 1240. The molecule has 11 heteroatoms. The van der Waals surface area contributed by atoms with Gasteiger partial charge in [-0.2, -0.15) is 5.26 Å². The Morgan fingerprint density at radius 3 is 2.86 bits per heavy atom. The molecule has 3 heterocycles. The van der Waals surface area contributed by atoms with Crippen molar-refractivity contribution in [2.75, 3.05) is 19.3 Å². The van der Waals surface area contributed by atoms with E-state index >= 15 is 0 Å². The molecular formula is C24H30N6O4S. The number of carbonyl (C=O) groups excluding carboxylic acids is 2. The molecule has 6 rings (SSSR count). The van der Waals surface area contributed by atoms with Crippen LogP contribution in [0.5, 0.6) is 5.75 Å². The maximum Gasteiger partial charge on any atom is 0.242 e. The molecular weight excluding hydrogens is 468 g/mol. The zero-order valence-electron chi connectivity index (χ0n) is 19.6. The van der Waals surface area contributed by atoms with E-state index in [-0.39, 0.29) is 42.0 Å². The van der Waals surface area contributed by atoms with E-state index in [2.05, 4.69) is 6.07 Å². The van der Waals surface area contributed by atoms with Crippen molar-refractivity contribution in [3.8, 4) is 11.8 Å². The van der Waals surface area contributed by atoms with Gasteiger partial charge in [-0.1, -0.05) is 6.07 Å². The van der Waals surface area contributed by atoms with Crippen molar-refractivity contribution < 1.29 is 18.0 Å². The molecule has 2 aliphatic carbocycles. The van der Waals surface area contributed by atoms with Crippen LogP contribution in [0.15, 0.2) is 18.2 Å². The number of carbonyl (C=O) groups is 2. The van der Waals surface area contributed by atoms with E-state index in [1.165, 1.54) is 6.26 Å². The van der Waals surface area contributed by atoms with E-state index in [0.717, 1.165) is 43.2 Å². The van der Waals surface area contributed by atoms with Gasteiger partial charge in [-0.15, -0.1) is 0 Å². The number of nitrogens with two attached hydrogens (primary N) is 1. The van der Waals surface area contributed by atoms with Gasteiger partial charge in [0.25, 0.3) is 0 Å². The molecule has 2 unspecified atom stereocenters. The number of benzene rings is 1. The second kappa shape index (κ2) is 7.91. The number of nitrogens with zero attached hydrogens (tertiary/aromatic N) is 4. The average molecular weight is 499 g/mol. The van der Waals surface area contributed by atoms with Gasteiger partial charge in [0.1, 0.15) is 11.8 Å². The first kappa shape index (κ1) is 22.8. The lowest BCUT2D eigenvalue weighted by molar-refractivity contribution is -0.141. The summed E-state index contributed by atoms with van der Waals surface area (Å²) in [4.78, 5) is 32.2. The first-order valence-corrected chi connectivity index (χ1v) is 14.1. The lowest BCUT2D eigenvalue weighted by Gasteiger charge is -2.38. The van der Waals surface area contributed by atoms with Crippen molar-refractivity contribution in [2.24, 2.45) is 11.7 Å². The maximum absolute atomic E-state index is 13.4. The Morgan fingerprint density at radius 2 is 2.14 bits per heavy atom. The van der Waals surface area contributed by atoms with Crippen LogP contribution in [0, 0.1) is 22.0 Å². The number of rotatable bonds is 6. The fraction of sp³-hybridized carbons (Fsp3) is 0.625. The molecule has 0 radical (unpaired) electrons. The minimum Gasteiger partial charge on any atom is -0.396 e. The monoisotopic (exact) mass is 498 g/mol. The zero-order chi connectivity index (χ0) is 24.6. The maximum atomic E-state index is 13.4. The first-order valence-electron chi connectivity index (χ1n) is 12.2. The van der Waals surface area contributed by atoms with Gasteiger partial charge in [0.15, 0.2) is 10.0 Å². The van der Waals surface area contributed by atoms with Gasteiger partial charge in [0, 0.05) is 25.2 Å². The lowest BCUT2D eigenvalue weighted by Crippen LogP contribution is -2.57. The number of likely N-dealkylation sites (tertiary alicyclic amines) is 3. The summed E-state index contributed by atoms with van der Waals surface area (Å²) in [5.74, 6) is 0.782. The third kappa shape index (κ3) is 3.79.